The minimum Gasteiger partial charge on any atom is -0.361 e. The Morgan fingerprint density at radius 3 is 2.88 bits per heavy atom. The van der Waals surface area contributed by atoms with Crippen LogP contribution in [0.3, 0.4) is 0 Å². The lowest BCUT2D eigenvalue weighted by atomic mass is 9.72. The van der Waals surface area contributed by atoms with Crippen molar-refractivity contribution < 1.29 is 19.2 Å². The lowest BCUT2D eigenvalue weighted by Crippen LogP contribution is -3.16. The van der Waals surface area contributed by atoms with Gasteiger partial charge in [0.1, 0.15) is 4.99 Å². The van der Waals surface area contributed by atoms with Gasteiger partial charge in [-0.1, -0.05) is 54.7 Å². The SMILES string of the molecule is C[NH+]1CC(C(=O)NC2(C)OC3C4CCCN4C(=S)C(Cc4ccccc4)N3C2=O)CC2c3cccc4[nH]cc(c34)CC21. The predicted molar refractivity (Wildman–Crippen MR) is 163 cm³/mol. The highest BCUT2D eigenvalue weighted by molar-refractivity contribution is 7.80. The number of benzene rings is 2. The molecule has 1 aromatic heterocycles. The largest absolute Gasteiger partial charge is 0.361 e. The summed E-state index contributed by atoms with van der Waals surface area (Å²) in [5, 5.41) is 4.46. The topological polar surface area (TPSA) is 82.1 Å². The number of hydrogen-bond acceptors (Lipinski definition) is 4. The van der Waals surface area contributed by atoms with E-state index in [1.54, 1.807) is 6.92 Å². The predicted octanol–water partition coefficient (Wildman–Crippen LogP) is 2.14. The molecule has 4 aliphatic heterocycles. The standard InChI is InChI=1S/C33H37N5O3S/c1-33(32(40)38-27(14-19-8-4-3-5-9-19)31(42)37-13-7-12-25(37)30(38)41-33)35-29(39)21-15-23-22-10-6-11-24-28(22)20(17-34-24)16-26(23)36(2)18-21/h3-6,8-11,17,21,23,25-27,30,34H,7,12-16,18H2,1-2H3,(H,35,39)/p+1. The molecule has 8 atom stereocenters. The van der Waals surface area contributed by atoms with E-state index in [-0.39, 0.29) is 29.8 Å². The quantitative estimate of drug-likeness (QED) is 0.410. The third-order valence-electron chi connectivity index (χ3n) is 10.7. The summed E-state index contributed by atoms with van der Waals surface area (Å²) >= 11 is 6.01. The Morgan fingerprint density at radius 1 is 1.21 bits per heavy atom. The van der Waals surface area contributed by atoms with Gasteiger partial charge in [-0.2, -0.15) is 0 Å². The number of nitrogens with one attached hydrogen (secondary N) is 3. The van der Waals surface area contributed by atoms with Gasteiger partial charge < -0.3 is 29.7 Å². The van der Waals surface area contributed by atoms with Gasteiger partial charge in [-0.3, -0.25) is 9.59 Å². The molecule has 3 N–H and O–H groups in total. The van der Waals surface area contributed by atoms with Crippen LogP contribution < -0.4 is 10.2 Å². The van der Waals surface area contributed by atoms with Gasteiger partial charge in [0.2, 0.25) is 11.6 Å². The first kappa shape index (κ1) is 26.4. The summed E-state index contributed by atoms with van der Waals surface area (Å²) in [5.41, 5.74) is 3.59. The average molecular weight is 585 g/mol. The van der Waals surface area contributed by atoms with E-state index in [9.17, 15) is 9.59 Å². The van der Waals surface area contributed by atoms with Crippen LogP contribution in [0.15, 0.2) is 54.7 Å². The number of aromatic amines is 1. The van der Waals surface area contributed by atoms with Crippen molar-refractivity contribution in [3.63, 3.8) is 0 Å². The fraction of sp³-hybridized carbons (Fsp3) is 0.485. The van der Waals surface area contributed by atoms with Crippen LogP contribution in [0.25, 0.3) is 10.9 Å². The molecule has 8 nitrogen and oxygen atoms in total. The van der Waals surface area contributed by atoms with Crippen LogP contribution in [0.1, 0.15) is 48.8 Å². The summed E-state index contributed by atoms with van der Waals surface area (Å²) in [6, 6.07) is 16.8. The summed E-state index contributed by atoms with van der Waals surface area (Å²) in [4.78, 5) is 38.0. The van der Waals surface area contributed by atoms with E-state index in [1.807, 2.05) is 23.1 Å². The molecule has 0 spiro atoms. The second-order valence-corrected chi connectivity index (χ2v) is 13.6. The van der Waals surface area contributed by atoms with Crippen molar-refractivity contribution in [3.8, 4) is 0 Å². The Kier molecular flexibility index (Phi) is 6.04. The number of thiocarbonyl (C=S) groups is 1. The third-order valence-corrected chi connectivity index (χ3v) is 11.2. The molecular formula is C33H38N5O3S+. The van der Waals surface area contributed by atoms with Crippen LogP contribution >= 0.6 is 12.2 Å². The second-order valence-electron chi connectivity index (χ2n) is 13.2. The third kappa shape index (κ3) is 3.89. The van der Waals surface area contributed by atoms with Gasteiger partial charge in [0, 0.05) is 36.0 Å². The maximum Gasteiger partial charge on any atom is 0.278 e. The summed E-state index contributed by atoms with van der Waals surface area (Å²) < 4.78 is 6.61. The van der Waals surface area contributed by atoms with E-state index in [1.165, 1.54) is 26.9 Å². The number of amides is 2. The Labute approximate surface area is 251 Å². The van der Waals surface area contributed by atoms with Gasteiger partial charge >= 0.3 is 0 Å². The second kappa shape index (κ2) is 9.62. The fourth-order valence-corrected chi connectivity index (χ4v) is 9.12. The van der Waals surface area contributed by atoms with Crippen LogP contribution in [0.4, 0.5) is 0 Å². The number of aromatic nitrogens is 1. The minimum atomic E-state index is -1.42. The van der Waals surface area contributed by atoms with Crippen LogP contribution in [0.2, 0.25) is 0 Å². The zero-order chi connectivity index (χ0) is 28.7. The van der Waals surface area contributed by atoms with E-state index < -0.39 is 12.0 Å². The number of H-pyrrole nitrogens is 1. The highest BCUT2D eigenvalue weighted by Gasteiger charge is 2.61. The van der Waals surface area contributed by atoms with Crippen molar-refractivity contribution in [2.24, 2.45) is 5.92 Å². The van der Waals surface area contributed by atoms with E-state index in [2.05, 4.69) is 58.8 Å². The molecule has 3 aromatic rings. The molecule has 5 heterocycles. The van der Waals surface area contributed by atoms with Gasteiger partial charge in [-0.25, -0.2) is 0 Å². The molecule has 4 fully saturated rings. The molecule has 42 heavy (non-hydrogen) atoms. The average Bonchev–Trinajstić information content (AvgIpc) is 3.70. The first-order valence-corrected chi connectivity index (χ1v) is 15.8. The number of likely N-dealkylation sites (tertiary alicyclic amines) is 1. The first-order chi connectivity index (χ1) is 20.3. The van der Waals surface area contributed by atoms with E-state index in [4.69, 9.17) is 17.0 Å². The number of piperazine rings is 1. The van der Waals surface area contributed by atoms with E-state index in [0.717, 1.165) is 49.3 Å². The molecule has 8 unspecified atom stereocenters. The first-order valence-electron chi connectivity index (χ1n) is 15.4. The van der Waals surface area contributed by atoms with Crippen LogP contribution in [0, 0.1) is 5.92 Å². The number of hydrogen-bond donors (Lipinski definition) is 3. The van der Waals surface area contributed by atoms with E-state index in [0.29, 0.717) is 18.4 Å². The lowest BCUT2D eigenvalue weighted by Gasteiger charge is -2.46. The molecule has 1 aliphatic carbocycles. The number of quaternary nitrogens is 1. The van der Waals surface area contributed by atoms with Gasteiger partial charge in [0.15, 0.2) is 6.23 Å². The van der Waals surface area contributed by atoms with Gasteiger partial charge in [-0.15, -0.1) is 0 Å². The fourth-order valence-electron chi connectivity index (χ4n) is 8.70. The zero-order valence-corrected chi connectivity index (χ0v) is 25.0. The number of carbonyl (C=O) groups is 2. The summed E-state index contributed by atoms with van der Waals surface area (Å²) in [6.07, 6.45) is 6.07. The minimum absolute atomic E-state index is 0.0245. The van der Waals surface area contributed by atoms with Crippen molar-refractivity contribution in [2.45, 2.75) is 75.0 Å². The molecule has 0 saturated carbocycles. The Bertz CT molecular complexity index is 1590. The Morgan fingerprint density at radius 2 is 2.05 bits per heavy atom. The van der Waals surface area contributed by atoms with Crippen molar-refractivity contribution >= 4 is 39.9 Å². The number of piperidine rings is 1. The van der Waals surface area contributed by atoms with Crippen molar-refractivity contribution in [2.75, 3.05) is 20.1 Å². The van der Waals surface area contributed by atoms with Crippen LogP contribution in [0.5, 0.6) is 0 Å². The zero-order valence-electron chi connectivity index (χ0n) is 24.1. The molecule has 218 valence electrons. The number of nitrogens with zero attached hydrogens (tertiary/aromatic N) is 2. The number of likely N-dealkylation sites (N-methyl/N-ethyl adjacent to an activating group) is 1. The van der Waals surface area contributed by atoms with Gasteiger partial charge in [0.25, 0.3) is 5.91 Å². The van der Waals surface area contributed by atoms with Crippen LogP contribution in [-0.2, 0) is 27.2 Å². The number of rotatable bonds is 4. The number of fused-ring (bicyclic) bond motifs is 5. The molecule has 0 bridgehead atoms. The highest BCUT2D eigenvalue weighted by Crippen LogP contribution is 2.42. The Hall–Kier alpha value is -3.27. The smallest absolute Gasteiger partial charge is 0.278 e. The molecule has 5 aliphatic rings. The number of carbonyl (C=O) groups excluding carboxylic acids is 2. The van der Waals surface area contributed by atoms with Crippen LogP contribution in [-0.4, -0.2) is 81.8 Å². The molecule has 2 aromatic carbocycles. The van der Waals surface area contributed by atoms with Crippen molar-refractivity contribution in [3.05, 3.63) is 71.4 Å². The summed E-state index contributed by atoms with van der Waals surface area (Å²) in [5.74, 6) is -0.206. The Balaban J connectivity index is 1.06. The van der Waals surface area contributed by atoms with Crippen molar-refractivity contribution in [1.82, 2.24) is 20.1 Å². The molecule has 2 amide bonds. The van der Waals surface area contributed by atoms with E-state index >= 15 is 0 Å². The molecule has 8 rings (SSSR count). The normalized spacial score (nSPS) is 35.2. The number of ether oxygens (including phenoxy) is 1. The highest BCUT2D eigenvalue weighted by atomic mass is 32.1. The lowest BCUT2D eigenvalue weighted by molar-refractivity contribution is -0.915. The van der Waals surface area contributed by atoms with Gasteiger partial charge in [-0.05, 0) is 55.4 Å². The summed E-state index contributed by atoms with van der Waals surface area (Å²) in [6.45, 7) is 3.36. The monoisotopic (exact) mass is 584 g/mol. The molecule has 4 saturated heterocycles. The van der Waals surface area contributed by atoms with Gasteiger partial charge in [0.05, 0.1) is 37.6 Å². The molecule has 0 radical (unpaired) electrons. The molecular weight excluding hydrogens is 546 g/mol. The summed E-state index contributed by atoms with van der Waals surface area (Å²) in [7, 11) is 2.21. The maximum atomic E-state index is 14.2. The molecule has 9 heteroatoms. The van der Waals surface area contributed by atoms with Crippen molar-refractivity contribution in [1.29, 1.82) is 0 Å². The maximum absolute atomic E-state index is 14.2.